The lowest BCUT2D eigenvalue weighted by molar-refractivity contribution is 0.417. The minimum Gasteiger partial charge on any atom is -0.338 e. The minimum absolute atomic E-state index is 0.527. The second-order valence-electron chi connectivity index (χ2n) is 5.35. The van der Waals surface area contributed by atoms with Crippen LogP contribution in [0.15, 0.2) is 12.4 Å². The lowest BCUT2D eigenvalue weighted by Gasteiger charge is -2.17. The summed E-state index contributed by atoms with van der Waals surface area (Å²) in [6.45, 7) is 4.70. The van der Waals surface area contributed by atoms with Crippen LogP contribution in [-0.4, -0.2) is 22.6 Å². The molecule has 1 N–H and O–H groups in total. The van der Waals surface area contributed by atoms with Crippen LogP contribution in [0, 0.1) is 11.3 Å². The Bertz CT molecular complexity index is 340. The Balaban J connectivity index is 2.01. The highest BCUT2D eigenvalue weighted by atomic mass is 15.0. The van der Waals surface area contributed by atoms with Crippen LogP contribution in [0.25, 0.3) is 0 Å². The standard InChI is InChI=1S/C12H21N3/c1-12(2)8-9(12)10(13-3)7-11-14-5-6-15(11)4/h5-6,9-10,13H,7-8H2,1-4H3. The molecule has 2 rings (SSSR count). The summed E-state index contributed by atoms with van der Waals surface area (Å²) in [5.41, 5.74) is 0.527. The van der Waals surface area contributed by atoms with Crippen molar-refractivity contribution in [3.8, 4) is 0 Å². The van der Waals surface area contributed by atoms with Gasteiger partial charge >= 0.3 is 0 Å². The number of imidazole rings is 1. The molecule has 1 aliphatic carbocycles. The molecule has 0 spiro atoms. The Morgan fingerprint density at radius 3 is 2.73 bits per heavy atom. The zero-order valence-electron chi connectivity index (χ0n) is 10.1. The molecule has 0 aliphatic heterocycles. The number of hydrogen-bond acceptors (Lipinski definition) is 2. The SMILES string of the molecule is CNC(Cc1nccn1C)C1CC1(C)C. The molecule has 2 unspecified atom stereocenters. The van der Waals surface area contributed by atoms with Crippen molar-refractivity contribution in [1.29, 1.82) is 0 Å². The second kappa shape index (κ2) is 3.63. The summed E-state index contributed by atoms with van der Waals surface area (Å²) in [6, 6.07) is 0.570. The zero-order valence-corrected chi connectivity index (χ0v) is 10.1. The monoisotopic (exact) mass is 207 g/mol. The molecule has 1 saturated carbocycles. The summed E-state index contributed by atoms with van der Waals surface area (Å²) in [5.74, 6) is 1.98. The average molecular weight is 207 g/mol. The maximum Gasteiger partial charge on any atom is 0.109 e. The molecule has 3 nitrogen and oxygen atoms in total. The van der Waals surface area contributed by atoms with Crippen molar-refractivity contribution in [3.05, 3.63) is 18.2 Å². The quantitative estimate of drug-likeness (QED) is 0.812. The van der Waals surface area contributed by atoms with Gasteiger partial charge in [-0.05, 0) is 24.8 Å². The summed E-state index contributed by atoms with van der Waals surface area (Å²) in [7, 11) is 4.12. The predicted octanol–water partition coefficient (Wildman–Crippen LogP) is 1.60. The van der Waals surface area contributed by atoms with Crippen LogP contribution < -0.4 is 5.32 Å². The highest BCUT2D eigenvalue weighted by Gasteiger charge is 2.49. The van der Waals surface area contributed by atoms with Gasteiger partial charge in [0.1, 0.15) is 5.82 Å². The Morgan fingerprint density at radius 2 is 2.33 bits per heavy atom. The van der Waals surface area contributed by atoms with Crippen molar-refractivity contribution < 1.29 is 0 Å². The fourth-order valence-electron chi connectivity index (χ4n) is 2.43. The first-order valence-electron chi connectivity index (χ1n) is 5.68. The van der Waals surface area contributed by atoms with Gasteiger partial charge < -0.3 is 9.88 Å². The van der Waals surface area contributed by atoms with E-state index in [4.69, 9.17) is 0 Å². The highest BCUT2D eigenvalue weighted by Crippen LogP contribution is 2.53. The molecule has 1 fully saturated rings. The lowest BCUT2D eigenvalue weighted by atomic mass is 10.0. The van der Waals surface area contributed by atoms with Crippen molar-refractivity contribution >= 4 is 0 Å². The highest BCUT2D eigenvalue weighted by molar-refractivity contribution is 5.05. The van der Waals surface area contributed by atoms with Gasteiger partial charge in [0.05, 0.1) is 0 Å². The van der Waals surface area contributed by atoms with E-state index in [1.807, 2.05) is 12.4 Å². The molecule has 3 heteroatoms. The number of rotatable bonds is 4. The third kappa shape index (κ3) is 2.07. The van der Waals surface area contributed by atoms with E-state index < -0.39 is 0 Å². The lowest BCUT2D eigenvalue weighted by Crippen LogP contribution is -2.32. The Kier molecular flexibility index (Phi) is 2.59. The van der Waals surface area contributed by atoms with Gasteiger partial charge in [-0.15, -0.1) is 0 Å². The molecule has 0 bridgehead atoms. The van der Waals surface area contributed by atoms with Gasteiger partial charge in [-0.25, -0.2) is 4.98 Å². The van der Waals surface area contributed by atoms with E-state index in [9.17, 15) is 0 Å². The first-order chi connectivity index (χ1) is 7.04. The molecule has 1 aromatic rings. The molecular weight excluding hydrogens is 186 g/mol. The summed E-state index contributed by atoms with van der Waals surface area (Å²) in [4.78, 5) is 4.38. The van der Waals surface area contributed by atoms with Gasteiger partial charge in [-0.1, -0.05) is 13.8 Å². The first kappa shape index (κ1) is 10.7. The normalized spacial score (nSPS) is 25.2. The molecule has 1 heterocycles. The number of hydrogen-bond donors (Lipinski definition) is 1. The van der Waals surface area contributed by atoms with Crippen LogP contribution in [0.2, 0.25) is 0 Å². The van der Waals surface area contributed by atoms with E-state index >= 15 is 0 Å². The van der Waals surface area contributed by atoms with Crippen molar-refractivity contribution in [2.24, 2.45) is 18.4 Å². The summed E-state index contributed by atoms with van der Waals surface area (Å²) < 4.78 is 2.11. The zero-order chi connectivity index (χ0) is 11.1. The summed E-state index contributed by atoms with van der Waals surface area (Å²) in [5, 5.41) is 3.43. The van der Waals surface area contributed by atoms with E-state index in [0.717, 1.165) is 12.3 Å². The number of nitrogens with zero attached hydrogens (tertiary/aromatic N) is 2. The third-order valence-corrected chi connectivity index (χ3v) is 3.77. The Labute approximate surface area is 91.9 Å². The van der Waals surface area contributed by atoms with Crippen molar-refractivity contribution in [1.82, 2.24) is 14.9 Å². The van der Waals surface area contributed by atoms with E-state index in [1.165, 1.54) is 12.2 Å². The second-order valence-corrected chi connectivity index (χ2v) is 5.35. The Morgan fingerprint density at radius 1 is 1.67 bits per heavy atom. The van der Waals surface area contributed by atoms with E-state index in [-0.39, 0.29) is 0 Å². The smallest absolute Gasteiger partial charge is 0.109 e. The summed E-state index contributed by atoms with van der Waals surface area (Å²) in [6.07, 6.45) is 6.26. The van der Waals surface area contributed by atoms with E-state index in [1.54, 1.807) is 0 Å². The van der Waals surface area contributed by atoms with Crippen molar-refractivity contribution in [2.45, 2.75) is 32.7 Å². The minimum atomic E-state index is 0.527. The number of likely N-dealkylation sites (N-methyl/N-ethyl adjacent to an activating group) is 1. The van der Waals surface area contributed by atoms with Gasteiger partial charge in [-0.2, -0.15) is 0 Å². The van der Waals surface area contributed by atoms with Gasteiger partial charge in [0, 0.05) is 31.9 Å². The third-order valence-electron chi connectivity index (χ3n) is 3.77. The maximum atomic E-state index is 4.38. The van der Waals surface area contributed by atoms with Crippen molar-refractivity contribution in [2.75, 3.05) is 7.05 Å². The number of aromatic nitrogens is 2. The topological polar surface area (TPSA) is 29.9 Å². The Hall–Kier alpha value is -0.830. The van der Waals surface area contributed by atoms with Crippen LogP contribution in [0.5, 0.6) is 0 Å². The van der Waals surface area contributed by atoms with Gasteiger partial charge in [0.25, 0.3) is 0 Å². The fraction of sp³-hybridized carbons (Fsp3) is 0.750. The van der Waals surface area contributed by atoms with Crippen LogP contribution in [-0.2, 0) is 13.5 Å². The molecule has 0 saturated heterocycles. The van der Waals surface area contributed by atoms with Gasteiger partial charge in [0.15, 0.2) is 0 Å². The molecule has 1 aliphatic rings. The molecule has 0 amide bonds. The maximum absolute atomic E-state index is 4.38. The number of nitrogens with one attached hydrogen (secondary N) is 1. The van der Waals surface area contributed by atoms with E-state index in [0.29, 0.717) is 11.5 Å². The largest absolute Gasteiger partial charge is 0.338 e. The first-order valence-corrected chi connectivity index (χ1v) is 5.68. The molecule has 0 aromatic carbocycles. The van der Waals surface area contributed by atoms with Gasteiger partial charge in [0.2, 0.25) is 0 Å². The molecule has 0 radical (unpaired) electrons. The van der Waals surface area contributed by atoms with Crippen LogP contribution >= 0.6 is 0 Å². The molecule has 15 heavy (non-hydrogen) atoms. The number of aryl methyl sites for hydroxylation is 1. The molecular formula is C12H21N3. The van der Waals surface area contributed by atoms with Crippen LogP contribution in [0.4, 0.5) is 0 Å². The van der Waals surface area contributed by atoms with Crippen LogP contribution in [0.1, 0.15) is 26.1 Å². The summed E-state index contributed by atoms with van der Waals surface area (Å²) >= 11 is 0. The molecule has 84 valence electrons. The van der Waals surface area contributed by atoms with Crippen molar-refractivity contribution in [3.63, 3.8) is 0 Å². The van der Waals surface area contributed by atoms with Crippen LogP contribution in [0.3, 0.4) is 0 Å². The van der Waals surface area contributed by atoms with Gasteiger partial charge in [-0.3, -0.25) is 0 Å². The molecule has 1 aromatic heterocycles. The average Bonchev–Trinajstić information content (AvgIpc) is 2.62. The molecule has 2 atom stereocenters. The predicted molar refractivity (Wildman–Crippen MR) is 61.6 cm³/mol. The fourth-order valence-corrected chi connectivity index (χ4v) is 2.43. The van der Waals surface area contributed by atoms with E-state index in [2.05, 4.69) is 42.8 Å².